The standard InChI is InChI=1S/C14H17N3O2/c1-19-9-8-17(11-5-6-11)14(18)12-10-16-7-3-2-4-13(16)15-12/h2-4,7,10-11H,5-6,8-9H2,1H3. The first-order chi connectivity index (χ1) is 9.29. The minimum Gasteiger partial charge on any atom is -0.383 e. The minimum atomic E-state index is 0.00301. The predicted octanol–water partition coefficient (Wildman–Crippen LogP) is 1.59. The van der Waals surface area contributed by atoms with Crippen molar-refractivity contribution < 1.29 is 9.53 Å². The number of imidazole rings is 1. The maximum Gasteiger partial charge on any atom is 0.274 e. The Kier molecular flexibility index (Phi) is 3.21. The average Bonchev–Trinajstić information content (AvgIpc) is 3.17. The average molecular weight is 259 g/mol. The van der Waals surface area contributed by atoms with E-state index < -0.39 is 0 Å². The molecule has 0 aromatic carbocycles. The number of ether oxygens (including phenoxy) is 1. The molecule has 0 spiro atoms. The SMILES string of the molecule is COCCN(C(=O)c1cn2ccccc2n1)C1CC1. The van der Waals surface area contributed by atoms with E-state index in [2.05, 4.69) is 4.98 Å². The molecule has 0 saturated heterocycles. The molecule has 5 heteroatoms. The summed E-state index contributed by atoms with van der Waals surface area (Å²) < 4.78 is 6.95. The normalized spacial score (nSPS) is 14.8. The van der Waals surface area contributed by atoms with E-state index in [0.29, 0.717) is 24.9 Å². The van der Waals surface area contributed by atoms with E-state index >= 15 is 0 Å². The fourth-order valence-electron chi connectivity index (χ4n) is 2.21. The van der Waals surface area contributed by atoms with Gasteiger partial charge in [-0.2, -0.15) is 0 Å². The van der Waals surface area contributed by atoms with Gasteiger partial charge in [-0.25, -0.2) is 4.98 Å². The molecule has 2 aromatic rings. The lowest BCUT2D eigenvalue weighted by atomic mass is 10.3. The highest BCUT2D eigenvalue weighted by atomic mass is 16.5. The third-order valence-electron chi connectivity index (χ3n) is 3.37. The molecule has 1 amide bonds. The second kappa shape index (κ2) is 5.01. The van der Waals surface area contributed by atoms with Crippen molar-refractivity contribution in [3.8, 4) is 0 Å². The van der Waals surface area contributed by atoms with Crippen molar-refractivity contribution in [2.45, 2.75) is 18.9 Å². The van der Waals surface area contributed by atoms with Crippen LogP contribution in [0.3, 0.4) is 0 Å². The molecule has 1 aliphatic rings. The summed E-state index contributed by atoms with van der Waals surface area (Å²) in [6, 6.07) is 6.10. The van der Waals surface area contributed by atoms with Crippen molar-refractivity contribution in [3.05, 3.63) is 36.3 Å². The van der Waals surface area contributed by atoms with Crippen LogP contribution in [-0.2, 0) is 4.74 Å². The van der Waals surface area contributed by atoms with Crippen LogP contribution in [0.15, 0.2) is 30.6 Å². The number of fused-ring (bicyclic) bond motifs is 1. The molecular weight excluding hydrogens is 242 g/mol. The molecule has 1 saturated carbocycles. The molecule has 3 rings (SSSR count). The van der Waals surface area contributed by atoms with E-state index in [9.17, 15) is 4.79 Å². The van der Waals surface area contributed by atoms with E-state index in [4.69, 9.17) is 4.74 Å². The van der Waals surface area contributed by atoms with Crippen molar-refractivity contribution in [2.24, 2.45) is 0 Å². The molecule has 5 nitrogen and oxygen atoms in total. The van der Waals surface area contributed by atoms with Gasteiger partial charge in [0.25, 0.3) is 5.91 Å². The maximum atomic E-state index is 12.5. The van der Waals surface area contributed by atoms with Gasteiger partial charge in [-0.15, -0.1) is 0 Å². The van der Waals surface area contributed by atoms with Crippen LogP contribution in [0.25, 0.3) is 5.65 Å². The smallest absolute Gasteiger partial charge is 0.274 e. The van der Waals surface area contributed by atoms with Crippen LogP contribution >= 0.6 is 0 Å². The second-order valence-corrected chi connectivity index (χ2v) is 4.81. The molecule has 0 N–H and O–H groups in total. The maximum absolute atomic E-state index is 12.5. The number of hydrogen-bond donors (Lipinski definition) is 0. The number of aromatic nitrogens is 2. The van der Waals surface area contributed by atoms with Gasteiger partial charge in [-0.1, -0.05) is 6.07 Å². The van der Waals surface area contributed by atoms with Gasteiger partial charge in [-0.05, 0) is 25.0 Å². The van der Waals surface area contributed by atoms with Gasteiger partial charge >= 0.3 is 0 Å². The number of carbonyl (C=O) groups excluding carboxylic acids is 1. The molecule has 0 bridgehead atoms. The highest BCUT2D eigenvalue weighted by molar-refractivity contribution is 5.93. The Labute approximate surface area is 111 Å². The van der Waals surface area contributed by atoms with Crippen molar-refractivity contribution >= 4 is 11.6 Å². The Balaban J connectivity index is 1.84. The highest BCUT2D eigenvalue weighted by Gasteiger charge is 2.33. The summed E-state index contributed by atoms with van der Waals surface area (Å²) >= 11 is 0. The van der Waals surface area contributed by atoms with E-state index in [0.717, 1.165) is 18.5 Å². The number of pyridine rings is 1. The van der Waals surface area contributed by atoms with E-state index in [1.165, 1.54) is 0 Å². The third kappa shape index (κ3) is 2.46. The molecule has 0 unspecified atom stereocenters. The van der Waals surface area contributed by atoms with Crippen LogP contribution in [0.4, 0.5) is 0 Å². The van der Waals surface area contributed by atoms with E-state index in [1.807, 2.05) is 33.7 Å². The quantitative estimate of drug-likeness (QED) is 0.819. The molecule has 1 fully saturated rings. The lowest BCUT2D eigenvalue weighted by molar-refractivity contribution is 0.0675. The van der Waals surface area contributed by atoms with Crippen LogP contribution in [-0.4, -0.2) is 46.5 Å². The third-order valence-corrected chi connectivity index (χ3v) is 3.37. The minimum absolute atomic E-state index is 0.00301. The molecular formula is C14H17N3O2. The first-order valence-corrected chi connectivity index (χ1v) is 6.53. The van der Waals surface area contributed by atoms with E-state index in [1.54, 1.807) is 13.3 Å². The molecule has 2 heterocycles. The topological polar surface area (TPSA) is 46.8 Å². The van der Waals surface area contributed by atoms with Gasteiger partial charge < -0.3 is 14.0 Å². The van der Waals surface area contributed by atoms with Crippen LogP contribution in [0.2, 0.25) is 0 Å². The van der Waals surface area contributed by atoms with Crippen LogP contribution in [0.1, 0.15) is 23.3 Å². The summed E-state index contributed by atoms with van der Waals surface area (Å²) in [5, 5.41) is 0. The molecule has 1 aliphatic carbocycles. The predicted molar refractivity (Wildman–Crippen MR) is 71.1 cm³/mol. The van der Waals surface area contributed by atoms with Gasteiger partial charge in [0.15, 0.2) is 0 Å². The van der Waals surface area contributed by atoms with Gasteiger partial charge in [-0.3, -0.25) is 4.79 Å². The Hall–Kier alpha value is -1.88. The van der Waals surface area contributed by atoms with E-state index in [-0.39, 0.29) is 5.91 Å². The molecule has 2 aromatic heterocycles. The molecule has 0 radical (unpaired) electrons. The number of rotatable bonds is 5. The van der Waals surface area contributed by atoms with Gasteiger partial charge in [0.2, 0.25) is 0 Å². The summed E-state index contributed by atoms with van der Waals surface area (Å²) in [6.45, 7) is 1.20. The Morgan fingerprint density at radius 3 is 3.05 bits per heavy atom. The summed E-state index contributed by atoms with van der Waals surface area (Å²) in [5.41, 5.74) is 1.31. The molecule has 100 valence electrons. The first-order valence-electron chi connectivity index (χ1n) is 6.53. The lowest BCUT2D eigenvalue weighted by Crippen LogP contribution is -2.36. The summed E-state index contributed by atoms with van der Waals surface area (Å²) in [6.07, 6.45) is 5.86. The van der Waals surface area contributed by atoms with Crippen molar-refractivity contribution in [1.82, 2.24) is 14.3 Å². The largest absolute Gasteiger partial charge is 0.383 e. The zero-order chi connectivity index (χ0) is 13.2. The van der Waals surface area contributed by atoms with Gasteiger partial charge in [0.05, 0.1) is 6.61 Å². The monoisotopic (exact) mass is 259 g/mol. The summed E-state index contributed by atoms with van der Waals surface area (Å²) in [5.74, 6) is 0.00301. The van der Waals surface area contributed by atoms with Crippen molar-refractivity contribution in [3.63, 3.8) is 0 Å². The van der Waals surface area contributed by atoms with Crippen LogP contribution in [0, 0.1) is 0 Å². The number of hydrogen-bond acceptors (Lipinski definition) is 3. The second-order valence-electron chi connectivity index (χ2n) is 4.81. The Morgan fingerprint density at radius 2 is 2.37 bits per heavy atom. The summed E-state index contributed by atoms with van der Waals surface area (Å²) in [4.78, 5) is 18.8. The Morgan fingerprint density at radius 1 is 1.53 bits per heavy atom. The molecule has 0 aliphatic heterocycles. The van der Waals surface area contributed by atoms with Crippen molar-refractivity contribution in [2.75, 3.05) is 20.3 Å². The van der Waals surface area contributed by atoms with Gasteiger partial charge in [0, 0.05) is 32.1 Å². The van der Waals surface area contributed by atoms with Crippen LogP contribution < -0.4 is 0 Å². The number of carbonyl (C=O) groups is 1. The van der Waals surface area contributed by atoms with Crippen molar-refractivity contribution in [1.29, 1.82) is 0 Å². The fourth-order valence-corrected chi connectivity index (χ4v) is 2.21. The Bertz CT molecular complexity index is 556. The fraction of sp³-hybridized carbons (Fsp3) is 0.429. The zero-order valence-electron chi connectivity index (χ0n) is 11.0. The number of amides is 1. The van der Waals surface area contributed by atoms with Gasteiger partial charge in [0.1, 0.15) is 11.3 Å². The zero-order valence-corrected chi connectivity index (χ0v) is 11.0. The lowest BCUT2D eigenvalue weighted by Gasteiger charge is -2.20. The first kappa shape index (κ1) is 12.2. The molecule has 0 atom stereocenters. The summed E-state index contributed by atoms with van der Waals surface area (Å²) in [7, 11) is 1.65. The number of methoxy groups -OCH3 is 1. The van der Waals surface area contributed by atoms with Crippen LogP contribution in [0.5, 0.6) is 0 Å². The molecule has 19 heavy (non-hydrogen) atoms. The number of nitrogens with zero attached hydrogens (tertiary/aromatic N) is 3. The highest BCUT2D eigenvalue weighted by Crippen LogP contribution is 2.27.